The predicted octanol–water partition coefficient (Wildman–Crippen LogP) is 8.60. The van der Waals surface area contributed by atoms with Crippen LogP contribution in [0.4, 0.5) is 5.69 Å². The van der Waals surface area contributed by atoms with Crippen molar-refractivity contribution in [3.63, 3.8) is 0 Å². The van der Waals surface area contributed by atoms with Crippen molar-refractivity contribution in [3.05, 3.63) is 113 Å². The van der Waals surface area contributed by atoms with Gasteiger partial charge in [-0.2, -0.15) is 0 Å². The Morgan fingerprint density at radius 2 is 1.62 bits per heavy atom. The minimum atomic E-state index is 0.0374. The number of para-hydroxylation sites is 1. The molecule has 0 unspecified atom stereocenters. The van der Waals surface area contributed by atoms with Crippen LogP contribution >= 0.6 is 11.8 Å². The summed E-state index contributed by atoms with van der Waals surface area (Å²) in [5, 5.41) is 2.95. The van der Waals surface area contributed by atoms with Gasteiger partial charge in [-0.3, -0.25) is 9.69 Å². The van der Waals surface area contributed by atoms with Crippen molar-refractivity contribution in [1.29, 1.82) is 0 Å². The van der Waals surface area contributed by atoms with E-state index >= 15 is 0 Å². The van der Waals surface area contributed by atoms with Gasteiger partial charge in [0.15, 0.2) is 5.17 Å². The number of benzene rings is 4. The van der Waals surface area contributed by atoms with Crippen LogP contribution in [-0.4, -0.2) is 22.0 Å². The SMILES string of the molecule is C[C@@H]1CCCC[C@@H]1N1C(=O)/C(=C/c2c(OCc3ccccc3)ccc3ccccc23)SC1=Nc1ccccc1. The van der Waals surface area contributed by atoms with Crippen LogP contribution in [-0.2, 0) is 11.4 Å². The number of thioether (sulfide) groups is 1. The number of rotatable bonds is 6. The average molecular weight is 533 g/mol. The minimum Gasteiger partial charge on any atom is -0.488 e. The highest BCUT2D eigenvalue weighted by Gasteiger charge is 2.41. The molecule has 6 rings (SSSR count). The van der Waals surface area contributed by atoms with Gasteiger partial charge in [-0.25, -0.2) is 4.99 Å². The fraction of sp³-hybridized carbons (Fsp3) is 0.235. The lowest BCUT2D eigenvalue weighted by Gasteiger charge is -2.35. The molecule has 0 spiro atoms. The largest absolute Gasteiger partial charge is 0.488 e. The summed E-state index contributed by atoms with van der Waals surface area (Å²) in [6.07, 6.45) is 6.52. The number of nitrogens with zero attached hydrogens (tertiary/aromatic N) is 2. The first kappa shape index (κ1) is 25.4. The minimum absolute atomic E-state index is 0.0374. The normalized spacial score (nSPS) is 21.7. The van der Waals surface area contributed by atoms with Crippen molar-refractivity contribution in [2.24, 2.45) is 10.9 Å². The first-order valence-corrected chi connectivity index (χ1v) is 14.5. The maximum Gasteiger partial charge on any atom is 0.267 e. The molecule has 1 aliphatic heterocycles. The number of hydrogen-bond donors (Lipinski definition) is 0. The van der Waals surface area contributed by atoms with Gasteiger partial charge in [0.1, 0.15) is 12.4 Å². The van der Waals surface area contributed by atoms with Crippen LogP contribution in [0.1, 0.15) is 43.7 Å². The Bertz CT molecular complexity index is 1530. The lowest BCUT2D eigenvalue weighted by molar-refractivity contribution is -0.124. The van der Waals surface area contributed by atoms with Crippen molar-refractivity contribution in [2.45, 2.75) is 45.3 Å². The summed E-state index contributed by atoms with van der Waals surface area (Å²) in [6.45, 7) is 2.73. The molecule has 2 atom stereocenters. The molecule has 4 nitrogen and oxygen atoms in total. The Labute approximate surface area is 234 Å². The number of ether oxygens (including phenoxy) is 1. The molecule has 39 heavy (non-hydrogen) atoms. The van der Waals surface area contributed by atoms with Gasteiger partial charge in [0.05, 0.1) is 10.6 Å². The highest BCUT2D eigenvalue weighted by Crippen LogP contribution is 2.42. The zero-order chi connectivity index (χ0) is 26.6. The first-order valence-electron chi connectivity index (χ1n) is 13.7. The molecule has 1 saturated heterocycles. The van der Waals surface area contributed by atoms with E-state index in [0.29, 0.717) is 17.4 Å². The smallest absolute Gasteiger partial charge is 0.267 e. The van der Waals surface area contributed by atoms with Crippen molar-refractivity contribution in [3.8, 4) is 5.75 Å². The fourth-order valence-electron chi connectivity index (χ4n) is 5.57. The Balaban J connectivity index is 1.42. The molecule has 4 aromatic carbocycles. The summed E-state index contributed by atoms with van der Waals surface area (Å²) in [7, 11) is 0. The summed E-state index contributed by atoms with van der Waals surface area (Å²) < 4.78 is 6.35. The van der Waals surface area contributed by atoms with E-state index < -0.39 is 0 Å². The summed E-state index contributed by atoms with van der Waals surface area (Å²) in [5.41, 5.74) is 2.89. The second-order valence-corrected chi connectivity index (χ2v) is 11.3. The van der Waals surface area contributed by atoms with Crippen LogP contribution in [0, 0.1) is 5.92 Å². The van der Waals surface area contributed by atoms with E-state index in [-0.39, 0.29) is 11.9 Å². The van der Waals surface area contributed by atoms with Crippen LogP contribution in [0.5, 0.6) is 5.75 Å². The first-order chi connectivity index (χ1) is 19.2. The number of aliphatic imine (C=N–C) groups is 1. The molecule has 0 radical (unpaired) electrons. The topological polar surface area (TPSA) is 41.9 Å². The molecule has 1 aliphatic carbocycles. The van der Waals surface area contributed by atoms with E-state index in [1.165, 1.54) is 18.2 Å². The standard InChI is InChI=1S/C34H32N2O2S/c1-24-12-8-11-19-30(24)36-33(37)32(39-34(36)35-27-16-6-3-7-17-27)22-29-28-18-10-9-15-26(28)20-21-31(29)38-23-25-13-4-2-5-14-25/h2-7,9-10,13-18,20-22,24,30H,8,11-12,19,23H2,1H3/b32-22-,35-34?/t24-,30+/m1/s1. The quantitative estimate of drug-likeness (QED) is 0.234. The van der Waals surface area contributed by atoms with Gasteiger partial charge in [0.25, 0.3) is 5.91 Å². The average Bonchev–Trinajstić information content (AvgIpc) is 3.27. The second-order valence-electron chi connectivity index (χ2n) is 10.3. The van der Waals surface area contributed by atoms with Gasteiger partial charge in [-0.1, -0.05) is 98.6 Å². The van der Waals surface area contributed by atoms with Crippen LogP contribution in [0.15, 0.2) is 107 Å². The zero-order valence-corrected chi connectivity index (χ0v) is 22.9. The van der Waals surface area contributed by atoms with E-state index in [4.69, 9.17) is 9.73 Å². The molecule has 1 saturated carbocycles. The molecule has 2 fully saturated rings. The molecule has 1 amide bonds. The third-order valence-corrected chi connectivity index (χ3v) is 8.64. The van der Waals surface area contributed by atoms with Crippen molar-refractivity contribution in [2.75, 3.05) is 0 Å². The van der Waals surface area contributed by atoms with Crippen LogP contribution in [0.2, 0.25) is 0 Å². The Morgan fingerprint density at radius 1 is 0.897 bits per heavy atom. The van der Waals surface area contributed by atoms with E-state index in [1.807, 2.05) is 77.7 Å². The predicted molar refractivity (Wildman–Crippen MR) is 162 cm³/mol. The highest BCUT2D eigenvalue weighted by atomic mass is 32.2. The number of amidine groups is 1. The van der Waals surface area contributed by atoms with Crippen molar-refractivity contribution in [1.82, 2.24) is 4.90 Å². The van der Waals surface area contributed by atoms with Gasteiger partial charge >= 0.3 is 0 Å². The molecular formula is C34H32N2O2S. The summed E-state index contributed by atoms with van der Waals surface area (Å²) in [5.74, 6) is 1.24. The molecule has 0 N–H and O–H groups in total. The van der Waals surface area contributed by atoms with Crippen LogP contribution in [0.25, 0.3) is 16.8 Å². The third kappa shape index (κ3) is 5.50. The highest BCUT2D eigenvalue weighted by molar-refractivity contribution is 8.18. The molecule has 2 aliphatic rings. The molecule has 5 heteroatoms. The van der Waals surface area contributed by atoms with E-state index in [2.05, 4.69) is 37.3 Å². The Hall–Kier alpha value is -3.83. The molecule has 0 aromatic heterocycles. The van der Waals surface area contributed by atoms with E-state index in [9.17, 15) is 4.79 Å². The van der Waals surface area contributed by atoms with Gasteiger partial charge in [-0.05, 0) is 71.1 Å². The Kier molecular flexibility index (Phi) is 7.51. The Morgan fingerprint density at radius 3 is 2.41 bits per heavy atom. The summed E-state index contributed by atoms with van der Waals surface area (Å²) in [4.78, 5) is 21.7. The number of carbonyl (C=O) groups is 1. The van der Waals surface area contributed by atoms with Crippen molar-refractivity contribution >= 4 is 45.4 Å². The van der Waals surface area contributed by atoms with E-state index in [1.54, 1.807) is 0 Å². The number of hydrogen-bond acceptors (Lipinski definition) is 4. The fourth-order valence-corrected chi connectivity index (χ4v) is 6.59. The summed E-state index contributed by atoms with van der Waals surface area (Å²) in [6, 6.07) is 32.6. The number of fused-ring (bicyclic) bond motifs is 1. The number of carbonyl (C=O) groups excluding carboxylic acids is 1. The third-order valence-electron chi connectivity index (χ3n) is 7.66. The summed E-state index contributed by atoms with van der Waals surface area (Å²) >= 11 is 1.48. The number of amides is 1. The van der Waals surface area contributed by atoms with Gasteiger partial charge in [0.2, 0.25) is 0 Å². The van der Waals surface area contributed by atoms with Gasteiger partial charge < -0.3 is 4.74 Å². The molecule has 1 heterocycles. The zero-order valence-electron chi connectivity index (χ0n) is 22.1. The lowest BCUT2D eigenvalue weighted by Crippen LogP contribution is -2.44. The monoisotopic (exact) mass is 532 g/mol. The maximum absolute atomic E-state index is 14.1. The molecular weight excluding hydrogens is 500 g/mol. The van der Waals surface area contributed by atoms with Gasteiger partial charge in [-0.15, -0.1) is 0 Å². The molecule has 196 valence electrons. The molecule has 4 aromatic rings. The van der Waals surface area contributed by atoms with Crippen LogP contribution < -0.4 is 4.74 Å². The second kappa shape index (κ2) is 11.5. The van der Waals surface area contributed by atoms with E-state index in [0.717, 1.165) is 57.8 Å². The lowest BCUT2D eigenvalue weighted by atomic mass is 9.85. The van der Waals surface area contributed by atoms with Crippen molar-refractivity contribution < 1.29 is 9.53 Å². The van der Waals surface area contributed by atoms with Gasteiger partial charge in [0, 0.05) is 11.6 Å². The maximum atomic E-state index is 14.1. The van der Waals surface area contributed by atoms with Crippen LogP contribution in [0.3, 0.4) is 0 Å². The molecule has 0 bridgehead atoms.